The van der Waals surface area contributed by atoms with Crippen LogP contribution in [-0.4, -0.2) is 24.5 Å². The molecule has 2 aromatic carbocycles. The summed E-state index contributed by atoms with van der Waals surface area (Å²) >= 11 is 0. The Balaban J connectivity index is 1.43. The van der Waals surface area contributed by atoms with Crippen LogP contribution in [0.3, 0.4) is 0 Å². The summed E-state index contributed by atoms with van der Waals surface area (Å²) in [7, 11) is 0. The van der Waals surface area contributed by atoms with Gasteiger partial charge in [-0.15, -0.1) is 0 Å². The SMILES string of the molecule is Cc1ccc(-c2cc(-c3cccc(-n4c5ccccc5c5cccnc54)n3)cc(-c3ccccn3)n2)cc1. The first-order chi connectivity index (χ1) is 18.7. The third-order valence-corrected chi connectivity index (χ3v) is 6.79. The Bertz CT molecular complexity index is 1870. The number of pyridine rings is 4. The van der Waals surface area contributed by atoms with Gasteiger partial charge in [0.15, 0.2) is 0 Å². The van der Waals surface area contributed by atoms with Gasteiger partial charge in [-0.05, 0) is 61.5 Å². The summed E-state index contributed by atoms with van der Waals surface area (Å²) in [5.74, 6) is 0.820. The first-order valence-electron chi connectivity index (χ1n) is 12.6. The van der Waals surface area contributed by atoms with E-state index in [1.807, 2.05) is 48.7 Å². The smallest absolute Gasteiger partial charge is 0.146 e. The van der Waals surface area contributed by atoms with Crippen LogP contribution < -0.4 is 0 Å². The molecule has 7 aromatic rings. The van der Waals surface area contributed by atoms with Crippen molar-refractivity contribution in [3.8, 4) is 39.7 Å². The Morgan fingerprint density at radius 3 is 2.16 bits per heavy atom. The number of fused-ring (bicyclic) bond motifs is 3. The van der Waals surface area contributed by atoms with Crippen molar-refractivity contribution >= 4 is 21.9 Å². The van der Waals surface area contributed by atoms with Crippen molar-refractivity contribution in [1.29, 1.82) is 0 Å². The molecule has 5 heteroatoms. The quantitative estimate of drug-likeness (QED) is 0.254. The average molecular weight is 490 g/mol. The molecule has 0 aliphatic heterocycles. The number of aromatic nitrogens is 5. The van der Waals surface area contributed by atoms with Crippen molar-refractivity contribution in [3.63, 3.8) is 0 Å². The Labute approximate surface area is 220 Å². The maximum Gasteiger partial charge on any atom is 0.146 e. The third-order valence-electron chi connectivity index (χ3n) is 6.79. The summed E-state index contributed by atoms with van der Waals surface area (Å²) in [6, 6.07) is 37.1. The second-order valence-electron chi connectivity index (χ2n) is 9.32. The van der Waals surface area contributed by atoms with Gasteiger partial charge in [0.2, 0.25) is 0 Å². The highest BCUT2D eigenvalue weighted by Gasteiger charge is 2.15. The van der Waals surface area contributed by atoms with E-state index in [-0.39, 0.29) is 0 Å². The molecule has 38 heavy (non-hydrogen) atoms. The fraction of sp³-hybridized carbons (Fsp3) is 0.0303. The van der Waals surface area contributed by atoms with E-state index < -0.39 is 0 Å². The number of rotatable bonds is 4. The number of nitrogens with zero attached hydrogens (tertiary/aromatic N) is 5. The van der Waals surface area contributed by atoms with Crippen LogP contribution in [0.25, 0.3) is 61.7 Å². The fourth-order valence-electron chi connectivity index (χ4n) is 4.93. The third kappa shape index (κ3) is 3.82. The molecule has 0 bridgehead atoms. The zero-order valence-corrected chi connectivity index (χ0v) is 20.8. The molecule has 0 N–H and O–H groups in total. The van der Waals surface area contributed by atoms with Gasteiger partial charge in [-0.25, -0.2) is 15.0 Å². The van der Waals surface area contributed by atoms with Crippen LogP contribution in [0.2, 0.25) is 0 Å². The molecule has 5 aromatic heterocycles. The normalized spacial score (nSPS) is 11.3. The first-order valence-corrected chi connectivity index (χ1v) is 12.6. The summed E-state index contributed by atoms with van der Waals surface area (Å²) in [5, 5.41) is 2.27. The largest absolute Gasteiger partial charge is 0.278 e. The zero-order valence-electron chi connectivity index (χ0n) is 20.8. The van der Waals surface area contributed by atoms with Gasteiger partial charge in [0, 0.05) is 34.3 Å². The fourth-order valence-corrected chi connectivity index (χ4v) is 4.93. The van der Waals surface area contributed by atoms with Gasteiger partial charge >= 0.3 is 0 Å². The number of para-hydroxylation sites is 1. The Kier molecular flexibility index (Phi) is 5.26. The van der Waals surface area contributed by atoms with Crippen molar-refractivity contribution in [2.24, 2.45) is 0 Å². The average Bonchev–Trinajstić information content (AvgIpc) is 3.32. The first kappa shape index (κ1) is 22.1. The maximum absolute atomic E-state index is 5.14. The van der Waals surface area contributed by atoms with Crippen LogP contribution in [-0.2, 0) is 0 Å². The molecule has 0 radical (unpaired) electrons. The Hall–Kier alpha value is -5.16. The van der Waals surface area contributed by atoms with Crippen LogP contribution in [0.5, 0.6) is 0 Å². The molecule has 5 heterocycles. The highest BCUT2D eigenvalue weighted by Crippen LogP contribution is 2.32. The van der Waals surface area contributed by atoms with E-state index in [1.165, 1.54) is 5.56 Å². The molecule has 180 valence electrons. The lowest BCUT2D eigenvalue weighted by molar-refractivity contribution is 1.06. The molecule has 0 saturated heterocycles. The van der Waals surface area contributed by atoms with E-state index >= 15 is 0 Å². The van der Waals surface area contributed by atoms with Gasteiger partial charge in [-0.1, -0.05) is 60.2 Å². The maximum atomic E-state index is 5.14. The van der Waals surface area contributed by atoms with Crippen molar-refractivity contribution in [2.75, 3.05) is 0 Å². The summed E-state index contributed by atoms with van der Waals surface area (Å²) in [6.07, 6.45) is 3.63. The minimum Gasteiger partial charge on any atom is -0.278 e. The molecule has 5 nitrogen and oxygen atoms in total. The molecular weight excluding hydrogens is 466 g/mol. The van der Waals surface area contributed by atoms with E-state index in [4.69, 9.17) is 15.0 Å². The molecule has 0 spiro atoms. The van der Waals surface area contributed by atoms with Crippen LogP contribution in [0.4, 0.5) is 0 Å². The van der Waals surface area contributed by atoms with E-state index in [0.29, 0.717) is 0 Å². The molecule has 0 unspecified atom stereocenters. The molecule has 0 atom stereocenters. The lowest BCUT2D eigenvalue weighted by Gasteiger charge is -2.11. The lowest BCUT2D eigenvalue weighted by atomic mass is 10.0. The van der Waals surface area contributed by atoms with E-state index in [2.05, 4.69) is 83.2 Å². The summed E-state index contributed by atoms with van der Waals surface area (Å²) in [4.78, 5) is 19.4. The van der Waals surface area contributed by atoms with Crippen LogP contribution >= 0.6 is 0 Å². The molecule has 0 aliphatic rings. The molecule has 0 amide bonds. The second kappa shape index (κ2) is 9.05. The van der Waals surface area contributed by atoms with E-state index in [0.717, 1.165) is 61.7 Å². The number of hydrogen-bond donors (Lipinski definition) is 0. The molecule has 0 fully saturated rings. The van der Waals surface area contributed by atoms with Gasteiger partial charge in [0.25, 0.3) is 0 Å². The van der Waals surface area contributed by atoms with Crippen molar-refractivity contribution in [3.05, 3.63) is 127 Å². The number of benzene rings is 2. The molecule has 7 rings (SSSR count). The Morgan fingerprint density at radius 2 is 1.29 bits per heavy atom. The van der Waals surface area contributed by atoms with Crippen LogP contribution in [0, 0.1) is 6.92 Å². The predicted molar refractivity (Wildman–Crippen MR) is 153 cm³/mol. The van der Waals surface area contributed by atoms with Gasteiger partial charge < -0.3 is 0 Å². The summed E-state index contributed by atoms with van der Waals surface area (Å²) < 4.78 is 2.13. The minimum atomic E-state index is 0.810. The van der Waals surface area contributed by atoms with Gasteiger partial charge in [0.1, 0.15) is 11.5 Å². The zero-order chi connectivity index (χ0) is 25.5. The summed E-state index contributed by atoms with van der Waals surface area (Å²) in [6.45, 7) is 2.09. The second-order valence-corrected chi connectivity index (χ2v) is 9.32. The molecule has 0 aliphatic carbocycles. The predicted octanol–water partition coefficient (Wildman–Crippen LogP) is 7.67. The van der Waals surface area contributed by atoms with Gasteiger partial charge in [0.05, 0.1) is 28.3 Å². The standard InChI is InChI=1S/C33H23N5/c1-22-14-16-23(17-15-22)29-20-24(21-30(36-29)28-10-4-5-18-34-28)27-11-6-13-32(37-27)38-31-12-3-2-8-25(31)26-9-7-19-35-33(26)38/h2-21H,1H3. The van der Waals surface area contributed by atoms with E-state index in [9.17, 15) is 0 Å². The highest BCUT2D eigenvalue weighted by molar-refractivity contribution is 6.07. The van der Waals surface area contributed by atoms with Crippen molar-refractivity contribution in [2.45, 2.75) is 6.92 Å². The number of hydrogen-bond acceptors (Lipinski definition) is 4. The van der Waals surface area contributed by atoms with Gasteiger partial charge in [-0.2, -0.15) is 0 Å². The minimum absolute atomic E-state index is 0.810. The van der Waals surface area contributed by atoms with Crippen LogP contribution in [0.1, 0.15) is 5.56 Å². The highest BCUT2D eigenvalue weighted by atomic mass is 15.1. The van der Waals surface area contributed by atoms with Gasteiger partial charge in [-0.3, -0.25) is 9.55 Å². The topological polar surface area (TPSA) is 56.5 Å². The Morgan fingerprint density at radius 1 is 0.526 bits per heavy atom. The van der Waals surface area contributed by atoms with Crippen LogP contribution in [0.15, 0.2) is 122 Å². The number of aryl methyl sites for hydroxylation is 1. The monoisotopic (exact) mass is 489 g/mol. The molecule has 0 saturated carbocycles. The van der Waals surface area contributed by atoms with E-state index in [1.54, 1.807) is 6.20 Å². The van der Waals surface area contributed by atoms with Crippen molar-refractivity contribution in [1.82, 2.24) is 24.5 Å². The lowest BCUT2D eigenvalue weighted by Crippen LogP contribution is -2.00. The van der Waals surface area contributed by atoms with Crippen molar-refractivity contribution < 1.29 is 0 Å². The summed E-state index contributed by atoms with van der Waals surface area (Å²) in [5.41, 5.74) is 8.59. The molecular formula is C33H23N5.